The van der Waals surface area contributed by atoms with Gasteiger partial charge in [-0.15, -0.1) is 0 Å². The number of rotatable bonds is 3. The second-order valence-corrected chi connectivity index (χ2v) is 2.40. The fourth-order valence-electron chi connectivity index (χ4n) is 0.734. The minimum atomic E-state index is 0.731. The van der Waals surface area contributed by atoms with Crippen molar-refractivity contribution in [2.45, 2.75) is 0 Å². The van der Waals surface area contributed by atoms with E-state index in [9.17, 15) is 0 Å². The summed E-state index contributed by atoms with van der Waals surface area (Å²) in [5.74, 6) is 0. The molecule has 3 nitrogen and oxygen atoms in total. The van der Waals surface area contributed by atoms with E-state index in [1.807, 2.05) is 19.3 Å². The number of aromatic nitrogens is 2. The summed E-state index contributed by atoms with van der Waals surface area (Å²) in [5, 5.41) is 7.10. The van der Waals surface area contributed by atoms with Gasteiger partial charge in [0.2, 0.25) is 0 Å². The zero-order valence-corrected chi connectivity index (χ0v) is 7.04. The largest absolute Gasteiger partial charge is 0.379 e. The Labute approximate surface area is 70.7 Å². The van der Waals surface area contributed by atoms with Crippen LogP contribution in [0.5, 0.6) is 0 Å². The molecule has 0 aliphatic rings. The Morgan fingerprint density at radius 2 is 2.64 bits per heavy atom. The fourth-order valence-corrected chi connectivity index (χ4v) is 0.823. The topological polar surface area (TPSA) is 29.9 Å². The van der Waals surface area contributed by atoms with Crippen molar-refractivity contribution in [1.29, 1.82) is 0 Å². The molecule has 0 aliphatic carbocycles. The zero-order chi connectivity index (χ0) is 8.10. The van der Waals surface area contributed by atoms with Gasteiger partial charge in [0, 0.05) is 25.3 Å². The number of aryl methyl sites for hydroxylation is 1. The van der Waals surface area contributed by atoms with E-state index < -0.39 is 0 Å². The number of anilines is 1. The van der Waals surface area contributed by atoms with Crippen LogP contribution in [0.2, 0.25) is 0 Å². The van der Waals surface area contributed by atoms with E-state index in [2.05, 4.69) is 10.4 Å². The molecule has 0 atom stereocenters. The summed E-state index contributed by atoms with van der Waals surface area (Å²) in [5.41, 5.74) is 2.49. The molecular formula is C7H10ClN3. The Morgan fingerprint density at radius 3 is 3.18 bits per heavy atom. The molecule has 0 radical (unpaired) electrons. The average Bonchev–Trinajstić information content (AvgIpc) is 2.37. The van der Waals surface area contributed by atoms with Gasteiger partial charge >= 0.3 is 0 Å². The summed E-state index contributed by atoms with van der Waals surface area (Å²) >= 11 is 5.33. The van der Waals surface area contributed by atoms with Crippen LogP contribution in [0, 0.1) is 0 Å². The van der Waals surface area contributed by atoms with Gasteiger partial charge in [-0.1, -0.05) is 17.7 Å². The summed E-state index contributed by atoms with van der Waals surface area (Å²) in [6, 6.07) is 0. The molecule has 0 unspecified atom stereocenters. The fraction of sp³-hybridized carbons (Fsp3) is 0.286. The lowest BCUT2D eigenvalue weighted by Gasteiger charge is -1.95. The Kier molecular flexibility index (Phi) is 2.98. The monoisotopic (exact) mass is 171 g/mol. The van der Waals surface area contributed by atoms with E-state index in [-0.39, 0.29) is 0 Å². The number of halogens is 1. The number of nitrogens with zero attached hydrogens (tertiary/aromatic N) is 2. The van der Waals surface area contributed by atoms with Crippen LogP contribution in [0.3, 0.4) is 0 Å². The van der Waals surface area contributed by atoms with Crippen molar-refractivity contribution in [3.63, 3.8) is 0 Å². The van der Waals surface area contributed by atoms with Gasteiger partial charge in [-0.05, 0) is 0 Å². The van der Waals surface area contributed by atoms with Crippen molar-refractivity contribution in [3.8, 4) is 0 Å². The minimum absolute atomic E-state index is 0.731. The summed E-state index contributed by atoms with van der Waals surface area (Å²) in [7, 11) is 1.88. The van der Waals surface area contributed by atoms with E-state index in [1.54, 1.807) is 10.9 Å². The molecule has 0 saturated heterocycles. The molecule has 60 valence electrons. The highest BCUT2D eigenvalue weighted by atomic mass is 35.5. The molecule has 0 bridgehead atoms. The second-order valence-electron chi connectivity index (χ2n) is 2.15. The van der Waals surface area contributed by atoms with E-state index in [0.717, 1.165) is 12.2 Å². The molecule has 0 spiro atoms. The average molecular weight is 172 g/mol. The van der Waals surface area contributed by atoms with Crippen molar-refractivity contribution >= 4 is 17.3 Å². The van der Waals surface area contributed by atoms with Gasteiger partial charge in [0.25, 0.3) is 0 Å². The Morgan fingerprint density at radius 1 is 1.82 bits per heavy atom. The van der Waals surface area contributed by atoms with E-state index in [0.29, 0.717) is 0 Å². The Balaban J connectivity index is 2.38. The highest BCUT2D eigenvalue weighted by Crippen LogP contribution is 2.01. The maximum atomic E-state index is 5.33. The molecule has 0 fully saturated rings. The smallest absolute Gasteiger partial charge is 0.0728 e. The molecular weight excluding hydrogens is 162 g/mol. The van der Waals surface area contributed by atoms with Gasteiger partial charge in [0.1, 0.15) is 0 Å². The van der Waals surface area contributed by atoms with Crippen molar-refractivity contribution in [1.82, 2.24) is 9.78 Å². The quantitative estimate of drug-likeness (QED) is 0.749. The van der Waals surface area contributed by atoms with Crippen LogP contribution in [0.25, 0.3) is 0 Å². The van der Waals surface area contributed by atoms with Crippen molar-refractivity contribution in [2.24, 2.45) is 7.05 Å². The molecule has 1 N–H and O–H groups in total. The summed E-state index contributed by atoms with van der Waals surface area (Å²) in [4.78, 5) is 0. The van der Waals surface area contributed by atoms with Gasteiger partial charge in [-0.2, -0.15) is 5.10 Å². The van der Waals surface area contributed by atoms with Crippen molar-refractivity contribution in [3.05, 3.63) is 24.0 Å². The lowest BCUT2D eigenvalue weighted by Crippen LogP contribution is -1.95. The zero-order valence-electron chi connectivity index (χ0n) is 6.29. The molecule has 1 rings (SSSR count). The molecule has 0 aliphatic heterocycles. The number of hydrogen-bond donors (Lipinski definition) is 1. The lowest BCUT2D eigenvalue weighted by atomic mass is 10.5. The first-order valence-electron chi connectivity index (χ1n) is 3.30. The van der Waals surface area contributed by atoms with E-state index in [4.69, 9.17) is 11.6 Å². The third-order valence-electron chi connectivity index (χ3n) is 1.22. The molecule has 1 heterocycles. The summed E-state index contributed by atoms with van der Waals surface area (Å²) in [6.07, 6.45) is 5.50. The number of nitrogens with one attached hydrogen (secondary N) is 1. The lowest BCUT2D eigenvalue weighted by molar-refractivity contribution is 0.768. The highest BCUT2D eigenvalue weighted by Gasteiger charge is 1.90. The van der Waals surface area contributed by atoms with Crippen molar-refractivity contribution < 1.29 is 0 Å². The molecule has 1 aromatic heterocycles. The van der Waals surface area contributed by atoms with Crippen molar-refractivity contribution in [2.75, 3.05) is 11.9 Å². The van der Waals surface area contributed by atoms with Crippen LogP contribution in [0.1, 0.15) is 0 Å². The van der Waals surface area contributed by atoms with Crippen LogP contribution < -0.4 is 5.32 Å². The van der Waals surface area contributed by atoms with Crippen LogP contribution in [0.4, 0.5) is 5.69 Å². The highest BCUT2D eigenvalue weighted by molar-refractivity contribution is 6.25. The van der Waals surface area contributed by atoms with Gasteiger partial charge in [-0.25, -0.2) is 0 Å². The first-order valence-corrected chi connectivity index (χ1v) is 3.74. The normalized spacial score (nSPS) is 10.7. The molecule has 0 saturated carbocycles. The van der Waals surface area contributed by atoms with Gasteiger partial charge in [0.05, 0.1) is 11.9 Å². The van der Waals surface area contributed by atoms with Gasteiger partial charge in [0.15, 0.2) is 0 Å². The second kappa shape index (κ2) is 4.03. The maximum absolute atomic E-state index is 5.33. The minimum Gasteiger partial charge on any atom is -0.379 e. The van der Waals surface area contributed by atoms with Gasteiger partial charge < -0.3 is 5.32 Å². The molecule has 0 aromatic carbocycles. The molecule has 11 heavy (non-hydrogen) atoms. The maximum Gasteiger partial charge on any atom is 0.0728 e. The molecule has 4 heteroatoms. The van der Waals surface area contributed by atoms with Crippen LogP contribution in [0.15, 0.2) is 24.0 Å². The predicted molar refractivity (Wildman–Crippen MR) is 46.7 cm³/mol. The van der Waals surface area contributed by atoms with Crippen LogP contribution >= 0.6 is 11.6 Å². The van der Waals surface area contributed by atoms with E-state index in [1.165, 1.54) is 5.54 Å². The van der Waals surface area contributed by atoms with E-state index >= 15 is 0 Å². The third-order valence-corrected chi connectivity index (χ3v) is 1.40. The van der Waals surface area contributed by atoms with Gasteiger partial charge in [-0.3, -0.25) is 4.68 Å². The molecule has 0 amide bonds. The molecule has 1 aromatic rings. The first kappa shape index (κ1) is 8.14. The summed E-state index contributed by atoms with van der Waals surface area (Å²) < 4.78 is 1.74. The third kappa shape index (κ3) is 2.63. The Hall–Kier alpha value is -0.960. The van der Waals surface area contributed by atoms with Crippen LogP contribution in [-0.4, -0.2) is 16.3 Å². The standard InChI is InChI=1S/C7H10ClN3/c1-11-6-7(5-10-11)9-4-2-3-8/h2-3,5-6,9H,4H2,1H3/b3-2+. The Bertz CT molecular complexity index is 242. The summed E-state index contributed by atoms with van der Waals surface area (Å²) in [6.45, 7) is 0.731. The first-order chi connectivity index (χ1) is 5.33. The predicted octanol–water partition coefficient (Wildman–Crippen LogP) is 1.58. The van der Waals surface area contributed by atoms with Crippen LogP contribution in [-0.2, 0) is 7.05 Å². The number of hydrogen-bond acceptors (Lipinski definition) is 2. The SMILES string of the molecule is Cn1cc(NC/C=C/Cl)cn1.